The lowest BCUT2D eigenvalue weighted by Gasteiger charge is -2.41. The van der Waals surface area contributed by atoms with Crippen LogP contribution in [0.3, 0.4) is 0 Å². The van der Waals surface area contributed by atoms with Gasteiger partial charge in [-0.3, -0.25) is 9.69 Å². The molecule has 0 spiro atoms. The minimum atomic E-state index is -1.01. The number of rotatable bonds is 9. The zero-order chi connectivity index (χ0) is 31.0. The summed E-state index contributed by atoms with van der Waals surface area (Å²) in [6.07, 6.45) is 3.12. The zero-order valence-electron chi connectivity index (χ0n) is 25.2. The van der Waals surface area contributed by atoms with E-state index in [-0.39, 0.29) is 19.1 Å². The van der Waals surface area contributed by atoms with Crippen LogP contribution in [-0.2, 0) is 17.8 Å². The molecule has 1 saturated carbocycles. The number of aromatic nitrogens is 2. The third-order valence-electron chi connectivity index (χ3n) is 9.04. The van der Waals surface area contributed by atoms with Crippen LogP contribution in [0.15, 0.2) is 48.8 Å². The van der Waals surface area contributed by atoms with Crippen LogP contribution in [0.5, 0.6) is 6.01 Å². The van der Waals surface area contributed by atoms with Crippen molar-refractivity contribution < 1.29 is 13.9 Å². The first-order valence-corrected chi connectivity index (χ1v) is 15.5. The number of amides is 1. The molecule has 230 valence electrons. The lowest BCUT2D eigenvalue weighted by molar-refractivity contribution is -0.131. The predicted molar refractivity (Wildman–Crippen MR) is 171 cm³/mol. The monoisotopic (exact) mass is 617 g/mol. The van der Waals surface area contributed by atoms with E-state index in [9.17, 15) is 9.18 Å². The van der Waals surface area contributed by atoms with Crippen LogP contribution < -0.4 is 14.5 Å². The SMILES string of the molecule is [C-]#[N+]C[C@H]1CN(c2nc(OC[C@H](C)N(C)C3CC3)nc3c2CCN(c2cccc4cccc(Cl)c24)C3)CCN1C(=O)C(=C)F. The fraction of sp³-hybridized carbons (Fsp3) is 0.455. The molecule has 11 heteroatoms. The second-order valence-corrected chi connectivity index (χ2v) is 12.3. The number of carbonyl (C=O) groups is 1. The maximum atomic E-state index is 13.8. The van der Waals surface area contributed by atoms with Gasteiger partial charge < -0.3 is 24.3 Å². The molecule has 2 aromatic carbocycles. The molecule has 1 saturated heterocycles. The summed E-state index contributed by atoms with van der Waals surface area (Å²) in [6.45, 7) is 15.7. The highest BCUT2D eigenvalue weighted by molar-refractivity contribution is 6.36. The molecule has 3 heterocycles. The molecule has 0 bridgehead atoms. The number of benzene rings is 2. The second-order valence-electron chi connectivity index (χ2n) is 11.9. The van der Waals surface area contributed by atoms with Gasteiger partial charge in [0.25, 0.3) is 5.91 Å². The van der Waals surface area contributed by atoms with Crippen molar-refractivity contribution in [2.75, 3.05) is 56.2 Å². The van der Waals surface area contributed by atoms with Crippen LogP contribution >= 0.6 is 11.6 Å². The average Bonchev–Trinajstić information content (AvgIpc) is 3.88. The summed E-state index contributed by atoms with van der Waals surface area (Å²) in [6, 6.07) is 12.8. The molecule has 1 amide bonds. The van der Waals surface area contributed by atoms with E-state index in [1.165, 1.54) is 17.7 Å². The third kappa shape index (κ3) is 6.04. The maximum absolute atomic E-state index is 13.8. The van der Waals surface area contributed by atoms with Crippen molar-refractivity contribution in [1.29, 1.82) is 0 Å². The molecule has 0 radical (unpaired) electrons. The van der Waals surface area contributed by atoms with E-state index in [2.05, 4.69) is 58.3 Å². The first-order valence-electron chi connectivity index (χ1n) is 15.2. The van der Waals surface area contributed by atoms with E-state index in [0.29, 0.717) is 49.7 Å². The molecular formula is C33H37ClFN7O2. The lowest BCUT2D eigenvalue weighted by atomic mass is 10.0. The number of carbonyl (C=O) groups excluding carboxylic acids is 1. The summed E-state index contributed by atoms with van der Waals surface area (Å²) >= 11 is 6.69. The fourth-order valence-electron chi connectivity index (χ4n) is 6.35. The van der Waals surface area contributed by atoms with Crippen LogP contribution in [0.25, 0.3) is 15.6 Å². The Hall–Kier alpha value is -3.94. The molecule has 2 aliphatic heterocycles. The third-order valence-corrected chi connectivity index (χ3v) is 9.36. The molecule has 0 unspecified atom stereocenters. The highest BCUT2D eigenvalue weighted by Crippen LogP contribution is 2.37. The van der Waals surface area contributed by atoms with Gasteiger partial charge in [-0.05, 0) is 50.8 Å². The van der Waals surface area contributed by atoms with Gasteiger partial charge in [0.2, 0.25) is 6.54 Å². The van der Waals surface area contributed by atoms with E-state index >= 15 is 0 Å². The number of likely N-dealkylation sites (N-methyl/N-ethyl adjacent to an activating group) is 1. The fourth-order valence-corrected chi connectivity index (χ4v) is 6.63. The topological polar surface area (TPSA) is 69.4 Å². The van der Waals surface area contributed by atoms with Crippen molar-refractivity contribution in [1.82, 2.24) is 19.8 Å². The molecule has 1 aromatic heterocycles. The molecule has 9 nitrogen and oxygen atoms in total. The van der Waals surface area contributed by atoms with Gasteiger partial charge in [0, 0.05) is 54.9 Å². The largest absolute Gasteiger partial charge is 0.462 e. The van der Waals surface area contributed by atoms with Crippen molar-refractivity contribution in [2.24, 2.45) is 0 Å². The van der Waals surface area contributed by atoms with Crippen LogP contribution in [0.4, 0.5) is 15.9 Å². The molecule has 6 rings (SSSR count). The minimum absolute atomic E-state index is 0.0623. The van der Waals surface area contributed by atoms with Gasteiger partial charge in [0.05, 0.1) is 17.3 Å². The standard InChI is InChI=1S/C33H37ClFN7O2/c1-21(39(4)24-11-12-24)20-44-33-37-28-19-40(29-10-6-8-23-7-5-9-27(34)30(23)29)14-13-26(28)31(38-33)41-15-16-42(32(43)22(2)35)25(18-41)17-36-3/h5-10,21,24-25H,2,11-20H2,1,4H3/t21-,25-/m0/s1. The Balaban J connectivity index is 1.33. The molecule has 0 N–H and O–H groups in total. The number of halogens is 2. The van der Waals surface area contributed by atoms with E-state index in [0.717, 1.165) is 40.1 Å². The van der Waals surface area contributed by atoms with Gasteiger partial charge in [-0.2, -0.15) is 9.97 Å². The number of nitrogens with zero attached hydrogens (tertiary/aromatic N) is 7. The Morgan fingerprint density at radius 1 is 1.20 bits per heavy atom. The summed E-state index contributed by atoms with van der Waals surface area (Å²) in [5, 5.41) is 2.80. The van der Waals surface area contributed by atoms with Gasteiger partial charge in [-0.1, -0.05) is 42.4 Å². The summed E-state index contributed by atoms with van der Waals surface area (Å²) in [4.78, 5) is 34.1. The van der Waals surface area contributed by atoms with Crippen molar-refractivity contribution >= 4 is 39.8 Å². The zero-order valence-corrected chi connectivity index (χ0v) is 25.9. The van der Waals surface area contributed by atoms with E-state index in [1.54, 1.807) is 0 Å². The normalized spacial score (nSPS) is 19.1. The predicted octanol–water partition coefficient (Wildman–Crippen LogP) is 5.13. The van der Waals surface area contributed by atoms with E-state index in [1.807, 2.05) is 18.2 Å². The number of hydrogen-bond donors (Lipinski definition) is 0. The minimum Gasteiger partial charge on any atom is -0.462 e. The first-order chi connectivity index (χ1) is 21.2. The van der Waals surface area contributed by atoms with Crippen molar-refractivity contribution in [3.8, 4) is 6.01 Å². The molecule has 1 aliphatic carbocycles. The van der Waals surface area contributed by atoms with Crippen LogP contribution in [-0.4, -0.2) is 90.2 Å². The van der Waals surface area contributed by atoms with Gasteiger partial charge in [-0.15, -0.1) is 0 Å². The molecule has 2 fully saturated rings. The first kappa shape index (κ1) is 30.1. The quantitative estimate of drug-likeness (QED) is 0.244. The van der Waals surface area contributed by atoms with E-state index < -0.39 is 17.8 Å². The molecular weight excluding hydrogens is 581 g/mol. The highest BCUT2D eigenvalue weighted by atomic mass is 35.5. The summed E-state index contributed by atoms with van der Waals surface area (Å²) < 4.78 is 20.1. The summed E-state index contributed by atoms with van der Waals surface area (Å²) in [5.74, 6) is -1.02. The van der Waals surface area contributed by atoms with Gasteiger partial charge >= 0.3 is 6.01 Å². The molecule has 3 aliphatic rings. The molecule has 44 heavy (non-hydrogen) atoms. The molecule has 3 aromatic rings. The second kappa shape index (κ2) is 12.6. The van der Waals surface area contributed by atoms with Crippen LogP contribution in [0.1, 0.15) is 31.0 Å². The number of piperazine rings is 1. The van der Waals surface area contributed by atoms with Crippen molar-refractivity contribution in [3.63, 3.8) is 0 Å². The van der Waals surface area contributed by atoms with Crippen molar-refractivity contribution in [3.05, 3.63) is 76.5 Å². The van der Waals surface area contributed by atoms with Gasteiger partial charge in [-0.25, -0.2) is 11.0 Å². The number of anilines is 2. The highest BCUT2D eigenvalue weighted by Gasteiger charge is 2.36. The smallest absolute Gasteiger partial charge is 0.318 e. The summed E-state index contributed by atoms with van der Waals surface area (Å²) in [5.41, 5.74) is 2.96. The summed E-state index contributed by atoms with van der Waals surface area (Å²) in [7, 11) is 2.13. The number of hydrogen-bond acceptors (Lipinski definition) is 7. The molecule has 2 atom stereocenters. The van der Waals surface area contributed by atoms with E-state index in [4.69, 9.17) is 32.9 Å². The Morgan fingerprint density at radius 2 is 1.98 bits per heavy atom. The maximum Gasteiger partial charge on any atom is 0.318 e. The average molecular weight is 618 g/mol. The number of ether oxygens (including phenoxy) is 1. The Morgan fingerprint density at radius 3 is 2.70 bits per heavy atom. The van der Waals surface area contributed by atoms with Crippen molar-refractivity contribution in [2.45, 2.75) is 50.9 Å². The Labute approximate surface area is 262 Å². The number of fused-ring (bicyclic) bond motifs is 2. The Bertz CT molecular complexity index is 1620. The van der Waals surface area contributed by atoms with Gasteiger partial charge in [0.15, 0.2) is 5.83 Å². The van der Waals surface area contributed by atoms with Gasteiger partial charge in [0.1, 0.15) is 18.5 Å². The van der Waals surface area contributed by atoms with Crippen LogP contribution in [0, 0.1) is 6.57 Å². The Kier molecular flexibility index (Phi) is 8.61. The van der Waals surface area contributed by atoms with Crippen LogP contribution in [0.2, 0.25) is 5.02 Å². The lowest BCUT2D eigenvalue weighted by Crippen LogP contribution is -2.57.